The third-order valence-corrected chi connectivity index (χ3v) is 3.51. The third-order valence-electron chi connectivity index (χ3n) is 3.51. The van der Waals surface area contributed by atoms with Gasteiger partial charge in [0, 0.05) is 0 Å². The minimum Gasteiger partial charge on any atom is -0.332 e. The van der Waals surface area contributed by atoms with E-state index in [9.17, 15) is 9.59 Å². The van der Waals surface area contributed by atoms with Crippen LogP contribution in [-0.4, -0.2) is 30.6 Å². The topological polar surface area (TPSA) is 61.4 Å². The molecule has 2 aliphatic rings. The lowest BCUT2D eigenvalue weighted by Gasteiger charge is -2.33. The summed E-state index contributed by atoms with van der Waals surface area (Å²) >= 11 is 0. The van der Waals surface area contributed by atoms with Gasteiger partial charge in [0.15, 0.2) is 0 Å². The molecule has 0 radical (unpaired) electrons. The Balaban J connectivity index is 1.93. The number of anilines is 1. The number of aryl methyl sites for hydroxylation is 1. The van der Waals surface area contributed by atoms with Crippen LogP contribution in [0.2, 0.25) is 0 Å². The molecule has 2 fully saturated rings. The number of hydrogen-bond acceptors (Lipinski definition) is 3. The van der Waals surface area contributed by atoms with Crippen LogP contribution >= 0.6 is 0 Å². The molecule has 0 aromatic heterocycles. The molecular weight excluding hydrogens is 230 g/mol. The lowest BCUT2D eigenvalue weighted by atomic mass is 10.1. The van der Waals surface area contributed by atoms with Crippen LogP contribution in [0.3, 0.4) is 0 Å². The van der Waals surface area contributed by atoms with Gasteiger partial charge in [-0.2, -0.15) is 0 Å². The van der Waals surface area contributed by atoms with Crippen molar-refractivity contribution >= 4 is 17.6 Å². The molecule has 3 amide bonds. The number of hydrogen-bond donors (Lipinski definition) is 2. The van der Waals surface area contributed by atoms with Gasteiger partial charge in [-0.15, -0.1) is 0 Å². The Labute approximate surface area is 105 Å². The van der Waals surface area contributed by atoms with E-state index in [0.717, 1.165) is 18.5 Å². The lowest BCUT2D eigenvalue weighted by molar-refractivity contribution is -0.120. The zero-order valence-electron chi connectivity index (χ0n) is 10.1. The van der Waals surface area contributed by atoms with Crippen LogP contribution in [0.15, 0.2) is 24.3 Å². The summed E-state index contributed by atoms with van der Waals surface area (Å²) < 4.78 is 0. The summed E-state index contributed by atoms with van der Waals surface area (Å²) in [7, 11) is 0. The maximum absolute atomic E-state index is 12.3. The van der Waals surface area contributed by atoms with E-state index in [1.54, 1.807) is 12.1 Å². The summed E-state index contributed by atoms with van der Waals surface area (Å²) in [6, 6.07) is 6.70. The first-order valence-corrected chi connectivity index (χ1v) is 6.11. The average Bonchev–Trinajstić information content (AvgIpc) is 2.80. The van der Waals surface area contributed by atoms with Crippen LogP contribution in [0.1, 0.15) is 12.0 Å². The fourth-order valence-corrected chi connectivity index (χ4v) is 2.52. The smallest absolute Gasteiger partial charge is 0.329 e. The van der Waals surface area contributed by atoms with Crippen LogP contribution < -0.4 is 15.5 Å². The number of benzene rings is 1. The quantitative estimate of drug-likeness (QED) is 0.768. The molecule has 0 aliphatic carbocycles. The predicted octanol–water partition coefficient (Wildman–Crippen LogP) is 0.782. The van der Waals surface area contributed by atoms with Crippen molar-refractivity contribution in [3.05, 3.63) is 29.8 Å². The first-order valence-electron chi connectivity index (χ1n) is 6.11. The number of fused-ring (bicyclic) bond motifs is 1. The molecule has 0 bridgehead atoms. The number of carbonyl (C=O) groups excluding carboxylic acids is 2. The summed E-state index contributed by atoms with van der Waals surface area (Å²) in [5.74, 6) is -0.162. The predicted molar refractivity (Wildman–Crippen MR) is 67.4 cm³/mol. The number of nitrogens with zero attached hydrogens (tertiary/aromatic N) is 1. The van der Waals surface area contributed by atoms with Crippen molar-refractivity contribution in [3.63, 3.8) is 0 Å². The van der Waals surface area contributed by atoms with Gasteiger partial charge in [-0.3, -0.25) is 4.79 Å². The Morgan fingerprint density at radius 1 is 1.22 bits per heavy atom. The summed E-state index contributed by atoms with van der Waals surface area (Å²) in [5, 5.41) is 6.01. The monoisotopic (exact) mass is 245 g/mol. The number of imide groups is 1. The minimum absolute atomic E-state index is 0.0632. The van der Waals surface area contributed by atoms with E-state index in [1.807, 2.05) is 19.1 Å². The zero-order valence-corrected chi connectivity index (χ0v) is 10.1. The van der Waals surface area contributed by atoms with Crippen LogP contribution in [-0.2, 0) is 4.79 Å². The number of carbonyl (C=O) groups is 2. The Bertz CT molecular complexity index is 497. The van der Waals surface area contributed by atoms with E-state index < -0.39 is 0 Å². The standard InChI is InChI=1S/C13H15N3O2/c1-8-2-4-9(5-3-8)16-12(17)11-10(6-7-14-11)15-13(16)18/h2-5,10-11,14H,6-7H2,1H3,(H,15,18). The van der Waals surface area contributed by atoms with Crippen molar-refractivity contribution in [3.8, 4) is 0 Å². The second-order valence-corrected chi connectivity index (χ2v) is 4.79. The molecule has 2 N–H and O–H groups in total. The number of rotatable bonds is 1. The molecular formula is C13H15N3O2. The fourth-order valence-electron chi connectivity index (χ4n) is 2.52. The summed E-state index contributed by atoms with van der Waals surface area (Å²) in [6.45, 7) is 2.74. The van der Waals surface area contributed by atoms with Crippen LogP contribution in [0, 0.1) is 6.92 Å². The summed E-state index contributed by atoms with van der Waals surface area (Å²) in [4.78, 5) is 25.5. The molecule has 2 atom stereocenters. The Hall–Kier alpha value is -1.88. The van der Waals surface area contributed by atoms with Gasteiger partial charge < -0.3 is 10.6 Å². The average molecular weight is 245 g/mol. The van der Waals surface area contributed by atoms with Gasteiger partial charge in [-0.25, -0.2) is 9.69 Å². The van der Waals surface area contributed by atoms with E-state index in [4.69, 9.17) is 0 Å². The summed E-state index contributed by atoms with van der Waals surface area (Å²) in [5.41, 5.74) is 1.72. The molecule has 18 heavy (non-hydrogen) atoms. The Morgan fingerprint density at radius 2 is 1.94 bits per heavy atom. The molecule has 1 aromatic carbocycles. The molecule has 5 nitrogen and oxygen atoms in total. The maximum Gasteiger partial charge on any atom is 0.329 e. The third kappa shape index (κ3) is 1.67. The van der Waals surface area contributed by atoms with Gasteiger partial charge in [-0.05, 0) is 32.0 Å². The highest BCUT2D eigenvalue weighted by molar-refractivity contribution is 6.18. The Morgan fingerprint density at radius 3 is 2.67 bits per heavy atom. The maximum atomic E-state index is 12.3. The largest absolute Gasteiger partial charge is 0.332 e. The van der Waals surface area contributed by atoms with Crippen molar-refractivity contribution in [2.24, 2.45) is 0 Å². The van der Waals surface area contributed by atoms with Gasteiger partial charge in [0.25, 0.3) is 5.91 Å². The van der Waals surface area contributed by atoms with Crippen LogP contribution in [0.25, 0.3) is 0 Å². The Kier molecular flexibility index (Phi) is 2.56. The van der Waals surface area contributed by atoms with Crippen molar-refractivity contribution in [2.45, 2.75) is 25.4 Å². The van der Waals surface area contributed by atoms with Crippen LogP contribution in [0.4, 0.5) is 10.5 Å². The molecule has 94 valence electrons. The molecule has 2 unspecified atom stereocenters. The van der Waals surface area contributed by atoms with Crippen molar-refractivity contribution < 1.29 is 9.59 Å². The highest BCUT2D eigenvalue weighted by Crippen LogP contribution is 2.22. The summed E-state index contributed by atoms with van der Waals surface area (Å²) in [6.07, 6.45) is 0.809. The SMILES string of the molecule is Cc1ccc(N2C(=O)NC3CCNC3C2=O)cc1. The van der Waals surface area contributed by atoms with Crippen molar-refractivity contribution in [1.29, 1.82) is 0 Å². The van der Waals surface area contributed by atoms with Gasteiger partial charge in [0.1, 0.15) is 6.04 Å². The molecule has 5 heteroatoms. The van der Waals surface area contributed by atoms with E-state index >= 15 is 0 Å². The minimum atomic E-state index is -0.325. The van der Waals surface area contributed by atoms with Crippen molar-refractivity contribution in [2.75, 3.05) is 11.4 Å². The molecule has 2 aliphatic heterocycles. The van der Waals surface area contributed by atoms with Crippen molar-refractivity contribution in [1.82, 2.24) is 10.6 Å². The molecule has 0 spiro atoms. The lowest BCUT2D eigenvalue weighted by Crippen LogP contribution is -2.63. The van der Waals surface area contributed by atoms with E-state index in [0.29, 0.717) is 5.69 Å². The number of amides is 3. The molecule has 3 rings (SSSR count). The van der Waals surface area contributed by atoms with Gasteiger partial charge in [0.2, 0.25) is 0 Å². The molecule has 0 saturated carbocycles. The highest BCUT2D eigenvalue weighted by Gasteiger charge is 2.43. The number of nitrogens with one attached hydrogen (secondary N) is 2. The van der Waals surface area contributed by atoms with E-state index in [2.05, 4.69) is 10.6 Å². The first kappa shape index (κ1) is 11.2. The van der Waals surface area contributed by atoms with E-state index in [1.165, 1.54) is 4.90 Å². The van der Waals surface area contributed by atoms with Crippen LogP contribution in [0.5, 0.6) is 0 Å². The normalized spacial score (nSPS) is 27.1. The van der Waals surface area contributed by atoms with Gasteiger partial charge in [-0.1, -0.05) is 17.7 Å². The zero-order chi connectivity index (χ0) is 12.7. The van der Waals surface area contributed by atoms with E-state index in [-0.39, 0.29) is 24.0 Å². The van der Waals surface area contributed by atoms with Gasteiger partial charge in [0.05, 0.1) is 11.7 Å². The first-order chi connectivity index (χ1) is 8.66. The second kappa shape index (κ2) is 4.10. The fraction of sp³-hybridized carbons (Fsp3) is 0.385. The number of urea groups is 1. The highest BCUT2D eigenvalue weighted by atomic mass is 16.2. The molecule has 1 aromatic rings. The second-order valence-electron chi connectivity index (χ2n) is 4.79. The molecule has 2 heterocycles. The van der Waals surface area contributed by atoms with Gasteiger partial charge >= 0.3 is 6.03 Å². The molecule has 2 saturated heterocycles.